The maximum absolute atomic E-state index is 8.50. The summed E-state index contributed by atoms with van der Waals surface area (Å²) >= 11 is 0. The van der Waals surface area contributed by atoms with Gasteiger partial charge < -0.3 is 4.74 Å². The SMILES string of the molecule is CCc1ccc(OCCCCC#N)c(C(C)(C)C)c1. The first-order chi connectivity index (χ1) is 8.99. The number of aryl methyl sites for hydroxylation is 1. The van der Waals surface area contributed by atoms with Crippen LogP contribution in [0.4, 0.5) is 0 Å². The van der Waals surface area contributed by atoms with Gasteiger partial charge in [0.25, 0.3) is 0 Å². The lowest BCUT2D eigenvalue weighted by Crippen LogP contribution is -2.14. The fourth-order valence-electron chi connectivity index (χ4n) is 2.00. The van der Waals surface area contributed by atoms with E-state index in [9.17, 15) is 0 Å². The maximum atomic E-state index is 8.50. The average Bonchev–Trinajstić information content (AvgIpc) is 2.37. The van der Waals surface area contributed by atoms with Crippen LogP contribution in [0.5, 0.6) is 5.75 Å². The minimum Gasteiger partial charge on any atom is -0.493 e. The minimum absolute atomic E-state index is 0.0904. The van der Waals surface area contributed by atoms with E-state index in [-0.39, 0.29) is 5.41 Å². The summed E-state index contributed by atoms with van der Waals surface area (Å²) in [5.74, 6) is 0.988. The van der Waals surface area contributed by atoms with Crippen LogP contribution >= 0.6 is 0 Å². The number of hydrogen-bond donors (Lipinski definition) is 0. The van der Waals surface area contributed by atoms with Gasteiger partial charge in [0.15, 0.2) is 0 Å². The highest BCUT2D eigenvalue weighted by Gasteiger charge is 2.19. The fraction of sp³-hybridized carbons (Fsp3) is 0.588. The molecule has 0 atom stereocenters. The van der Waals surface area contributed by atoms with Gasteiger partial charge >= 0.3 is 0 Å². The molecule has 0 heterocycles. The Morgan fingerprint density at radius 3 is 2.53 bits per heavy atom. The molecule has 0 fully saturated rings. The summed E-state index contributed by atoms with van der Waals surface area (Å²) in [5, 5.41) is 8.50. The molecule has 0 aliphatic rings. The van der Waals surface area contributed by atoms with E-state index in [4.69, 9.17) is 10.00 Å². The number of benzene rings is 1. The molecule has 0 saturated heterocycles. The predicted molar refractivity (Wildman–Crippen MR) is 79.5 cm³/mol. The molecule has 0 spiro atoms. The van der Waals surface area contributed by atoms with Crippen molar-refractivity contribution in [3.63, 3.8) is 0 Å². The first-order valence-corrected chi connectivity index (χ1v) is 7.12. The zero-order chi connectivity index (χ0) is 14.3. The normalized spacial score (nSPS) is 11.1. The second-order valence-electron chi connectivity index (χ2n) is 5.90. The summed E-state index contributed by atoms with van der Waals surface area (Å²) in [4.78, 5) is 0. The molecule has 0 bridgehead atoms. The molecular formula is C17H25NO. The van der Waals surface area contributed by atoms with Crippen LogP contribution in [0, 0.1) is 11.3 Å². The van der Waals surface area contributed by atoms with Gasteiger partial charge in [0.1, 0.15) is 5.75 Å². The molecule has 0 N–H and O–H groups in total. The van der Waals surface area contributed by atoms with Gasteiger partial charge in [-0.15, -0.1) is 0 Å². The van der Waals surface area contributed by atoms with Gasteiger partial charge in [-0.2, -0.15) is 5.26 Å². The maximum Gasteiger partial charge on any atom is 0.123 e. The fourth-order valence-corrected chi connectivity index (χ4v) is 2.00. The average molecular weight is 259 g/mol. The lowest BCUT2D eigenvalue weighted by atomic mass is 9.85. The van der Waals surface area contributed by atoms with Gasteiger partial charge in [-0.3, -0.25) is 0 Å². The third-order valence-corrected chi connectivity index (χ3v) is 3.20. The van der Waals surface area contributed by atoms with Crippen molar-refractivity contribution in [2.45, 2.75) is 58.8 Å². The third-order valence-electron chi connectivity index (χ3n) is 3.20. The number of unbranched alkanes of at least 4 members (excludes halogenated alkanes) is 2. The van der Waals surface area contributed by atoms with Crippen molar-refractivity contribution in [1.29, 1.82) is 5.26 Å². The molecule has 19 heavy (non-hydrogen) atoms. The second-order valence-corrected chi connectivity index (χ2v) is 5.90. The smallest absolute Gasteiger partial charge is 0.123 e. The monoisotopic (exact) mass is 259 g/mol. The van der Waals surface area contributed by atoms with Crippen LogP contribution in [0.25, 0.3) is 0 Å². The van der Waals surface area contributed by atoms with Crippen LogP contribution in [0.15, 0.2) is 18.2 Å². The molecule has 0 aliphatic carbocycles. The quantitative estimate of drug-likeness (QED) is 0.698. The number of hydrogen-bond acceptors (Lipinski definition) is 2. The van der Waals surface area contributed by atoms with Gasteiger partial charge in [0, 0.05) is 6.42 Å². The van der Waals surface area contributed by atoms with Crippen LogP contribution in [0.1, 0.15) is 58.1 Å². The first kappa shape index (κ1) is 15.6. The Morgan fingerprint density at radius 2 is 1.95 bits per heavy atom. The van der Waals surface area contributed by atoms with Gasteiger partial charge in [-0.1, -0.05) is 39.8 Å². The summed E-state index contributed by atoms with van der Waals surface area (Å²) in [6, 6.07) is 8.64. The number of rotatable bonds is 6. The summed E-state index contributed by atoms with van der Waals surface area (Å²) in [6.07, 6.45) is 3.51. The van der Waals surface area contributed by atoms with Crippen LogP contribution in [0.2, 0.25) is 0 Å². The largest absolute Gasteiger partial charge is 0.493 e. The zero-order valence-electron chi connectivity index (χ0n) is 12.6. The second kappa shape index (κ2) is 7.19. The lowest BCUT2D eigenvalue weighted by Gasteiger charge is -2.23. The van der Waals surface area contributed by atoms with Crippen molar-refractivity contribution in [2.75, 3.05) is 6.61 Å². The van der Waals surface area contributed by atoms with E-state index in [2.05, 4.69) is 52.0 Å². The molecule has 0 aliphatic heterocycles. The summed E-state index contributed by atoms with van der Waals surface area (Å²) in [7, 11) is 0. The molecule has 2 heteroatoms. The molecule has 104 valence electrons. The molecule has 0 amide bonds. The van der Waals surface area contributed by atoms with E-state index in [1.54, 1.807) is 0 Å². The highest BCUT2D eigenvalue weighted by Crippen LogP contribution is 2.32. The Bertz CT molecular complexity index is 438. The van der Waals surface area contributed by atoms with E-state index in [1.165, 1.54) is 11.1 Å². The molecule has 2 nitrogen and oxygen atoms in total. The number of nitriles is 1. The standard InChI is InChI=1S/C17H25NO/c1-5-14-9-10-16(15(13-14)17(2,3)4)19-12-8-6-7-11-18/h9-10,13H,5-8,12H2,1-4H3. The van der Waals surface area contributed by atoms with Crippen molar-refractivity contribution >= 4 is 0 Å². The predicted octanol–water partition coefficient (Wildman–Crippen LogP) is 4.62. The Labute approximate surface area is 117 Å². The van der Waals surface area contributed by atoms with Crippen molar-refractivity contribution < 1.29 is 4.74 Å². The molecule has 1 aromatic rings. The molecule has 1 aromatic carbocycles. The van der Waals surface area contributed by atoms with Gasteiger partial charge in [-0.05, 0) is 41.9 Å². The van der Waals surface area contributed by atoms with Crippen molar-refractivity contribution in [3.8, 4) is 11.8 Å². The third kappa shape index (κ3) is 4.95. The topological polar surface area (TPSA) is 33.0 Å². The van der Waals surface area contributed by atoms with Crippen LogP contribution in [-0.4, -0.2) is 6.61 Å². The van der Waals surface area contributed by atoms with Crippen molar-refractivity contribution in [3.05, 3.63) is 29.3 Å². The molecule has 0 aromatic heterocycles. The van der Waals surface area contributed by atoms with E-state index in [1.807, 2.05) is 0 Å². The van der Waals surface area contributed by atoms with Gasteiger partial charge in [0.05, 0.1) is 12.7 Å². The molecule has 0 saturated carbocycles. The molecule has 0 unspecified atom stereocenters. The molecular weight excluding hydrogens is 234 g/mol. The summed E-state index contributed by atoms with van der Waals surface area (Å²) in [6.45, 7) is 9.50. The Hall–Kier alpha value is -1.49. The van der Waals surface area contributed by atoms with Gasteiger partial charge in [0.2, 0.25) is 0 Å². The van der Waals surface area contributed by atoms with Gasteiger partial charge in [-0.25, -0.2) is 0 Å². The Balaban J connectivity index is 2.74. The highest BCUT2D eigenvalue weighted by atomic mass is 16.5. The van der Waals surface area contributed by atoms with E-state index in [0.29, 0.717) is 13.0 Å². The zero-order valence-corrected chi connectivity index (χ0v) is 12.6. The summed E-state index contributed by atoms with van der Waals surface area (Å²) < 4.78 is 5.90. The first-order valence-electron chi connectivity index (χ1n) is 7.12. The van der Waals surface area contributed by atoms with Crippen LogP contribution in [-0.2, 0) is 11.8 Å². The van der Waals surface area contributed by atoms with E-state index < -0.39 is 0 Å². The van der Waals surface area contributed by atoms with Crippen LogP contribution < -0.4 is 4.74 Å². The Morgan fingerprint density at radius 1 is 1.21 bits per heavy atom. The molecule has 1 rings (SSSR count). The van der Waals surface area contributed by atoms with E-state index in [0.717, 1.165) is 25.0 Å². The van der Waals surface area contributed by atoms with E-state index >= 15 is 0 Å². The number of nitrogens with zero attached hydrogens (tertiary/aromatic N) is 1. The summed E-state index contributed by atoms with van der Waals surface area (Å²) in [5.41, 5.74) is 2.71. The number of ether oxygens (including phenoxy) is 1. The lowest BCUT2D eigenvalue weighted by molar-refractivity contribution is 0.299. The highest BCUT2D eigenvalue weighted by molar-refractivity contribution is 5.41. The van der Waals surface area contributed by atoms with Crippen LogP contribution in [0.3, 0.4) is 0 Å². The minimum atomic E-state index is 0.0904. The van der Waals surface area contributed by atoms with Crippen molar-refractivity contribution in [2.24, 2.45) is 0 Å². The Kier molecular flexibility index (Phi) is 5.89. The van der Waals surface area contributed by atoms with Crippen molar-refractivity contribution in [1.82, 2.24) is 0 Å². The molecule has 0 radical (unpaired) electrons.